The van der Waals surface area contributed by atoms with Crippen LogP contribution >= 0.6 is 11.3 Å². The molecule has 0 radical (unpaired) electrons. The summed E-state index contributed by atoms with van der Waals surface area (Å²) >= 11 is 1.39. The van der Waals surface area contributed by atoms with Gasteiger partial charge in [-0.25, -0.2) is 4.39 Å². The summed E-state index contributed by atoms with van der Waals surface area (Å²) in [6.45, 7) is 5.65. The molecule has 4 rings (SSSR count). The number of benzene rings is 1. The summed E-state index contributed by atoms with van der Waals surface area (Å²) < 4.78 is 14.9. The number of halogens is 1. The third-order valence-corrected chi connectivity index (χ3v) is 6.11. The Hall–Kier alpha value is -2.31. The Bertz CT molecular complexity index is 933. The van der Waals surface area contributed by atoms with Gasteiger partial charge in [0.1, 0.15) is 5.82 Å². The van der Waals surface area contributed by atoms with E-state index in [4.69, 9.17) is 0 Å². The second kappa shape index (κ2) is 7.13. The lowest BCUT2D eigenvalue weighted by Gasteiger charge is -2.34. The molecular weight excluding hydrogens is 349 g/mol. The molecular formula is C20H20FN3OS. The number of hydrogen-bond donors (Lipinski definition) is 0. The van der Waals surface area contributed by atoms with E-state index in [1.165, 1.54) is 17.4 Å². The van der Waals surface area contributed by atoms with E-state index in [1.54, 1.807) is 12.3 Å². The number of fused-ring (bicyclic) bond motifs is 1. The summed E-state index contributed by atoms with van der Waals surface area (Å²) in [5.74, 6) is -0.240. The molecule has 0 unspecified atom stereocenters. The van der Waals surface area contributed by atoms with Crippen LogP contribution in [0.2, 0.25) is 0 Å². The van der Waals surface area contributed by atoms with Gasteiger partial charge in [-0.05, 0) is 36.8 Å². The molecule has 3 aromatic rings. The molecule has 0 spiro atoms. The lowest BCUT2D eigenvalue weighted by atomic mass is 10.1. The van der Waals surface area contributed by atoms with E-state index in [0.717, 1.165) is 35.6 Å². The quantitative estimate of drug-likeness (QED) is 0.706. The molecule has 0 bridgehead atoms. The van der Waals surface area contributed by atoms with Crippen molar-refractivity contribution in [3.8, 4) is 0 Å². The second-order valence-electron chi connectivity index (χ2n) is 6.56. The van der Waals surface area contributed by atoms with Crippen molar-refractivity contribution in [2.24, 2.45) is 0 Å². The molecule has 1 saturated heterocycles. The molecule has 1 amide bonds. The summed E-state index contributed by atoms with van der Waals surface area (Å²) in [6.07, 6.45) is 1.80. The van der Waals surface area contributed by atoms with Crippen LogP contribution in [0.4, 0.5) is 4.39 Å². The normalized spacial score (nSPS) is 15.5. The number of thiophene rings is 1. The van der Waals surface area contributed by atoms with E-state index in [2.05, 4.69) is 9.88 Å². The standard InChI is InChI=1S/C20H20FN3OS/c1-14-18-16(21)6-4-7-17(18)26-19(14)20(25)24-11-9-23(10-12-24)13-15-5-2-3-8-22-15/h2-8H,9-13H2,1H3. The fraction of sp³-hybridized carbons (Fsp3) is 0.300. The van der Waals surface area contributed by atoms with Crippen molar-refractivity contribution in [2.75, 3.05) is 26.2 Å². The Balaban J connectivity index is 1.46. The van der Waals surface area contributed by atoms with Crippen LogP contribution in [0.1, 0.15) is 20.9 Å². The predicted molar refractivity (Wildman–Crippen MR) is 102 cm³/mol. The van der Waals surface area contributed by atoms with E-state index in [0.29, 0.717) is 23.4 Å². The SMILES string of the molecule is Cc1c(C(=O)N2CCN(Cc3ccccn3)CC2)sc2cccc(F)c12. The van der Waals surface area contributed by atoms with Gasteiger partial charge in [0, 0.05) is 49.0 Å². The molecule has 1 fully saturated rings. The van der Waals surface area contributed by atoms with Gasteiger partial charge >= 0.3 is 0 Å². The van der Waals surface area contributed by atoms with E-state index in [1.807, 2.05) is 36.1 Å². The Morgan fingerprint density at radius 3 is 2.65 bits per heavy atom. The number of piperazine rings is 1. The van der Waals surface area contributed by atoms with Crippen molar-refractivity contribution < 1.29 is 9.18 Å². The maximum Gasteiger partial charge on any atom is 0.264 e. The van der Waals surface area contributed by atoms with Crippen LogP contribution in [0.15, 0.2) is 42.6 Å². The largest absolute Gasteiger partial charge is 0.335 e. The molecule has 0 aliphatic carbocycles. The van der Waals surface area contributed by atoms with Crippen LogP contribution < -0.4 is 0 Å². The molecule has 0 atom stereocenters. The molecule has 134 valence electrons. The molecule has 0 N–H and O–H groups in total. The van der Waals surface area contributed by atoms with Crippen molar-refractivity contribution in [2.45, 2.75) is 13.5 Å². The first-order valence-corrected chi connectivity index (χ1v) is 9.54. The first-order chi connectivity index (χ1) is 12.6. The van der Waals surface area contributed by atoms with Crippen LogP contribution in [0.25, 0.3) is 10.1 Å². The third-order valence-electron chi connectivity index (χ3n) is 4.87. The second-order valence-corrected chi connectivity index (χ2v) is 7.61. The van der Waals surface area contributed by atoms with E-state index in [9.17, 15) is 9.18 Å². The van der Waals surface area contributed by atoms with Gasteiger partial charge in [-0.15, -0.1) is 11.3 Å². The first kappa shape index (κ1) is 17.1. The van der Waals surface area contributed by atoms with E-state index in [-0.39, 0.29) is 11.7 Å². The van der Waals surface area contributed by atoms with Crippen molar-refractivity contribution in [3.05, 3.63) is 64.5 Å². The Kier molecular flexibility index (Phi) is 4.70. The Morgan fingerprint density at radius 1 is 1.15 bits per heavy atom. The molecule has 0 saturated carbocycles. The van der Waals surface area contributed by atoms with Gasteiger partial charge in [0.05, 0.1) is 10.6 Å². The summed E-state index contributed by atoms with van der Waals surface area (Å²) in [7, 11) is 0. The molecule has 2 aromatic heterocycles. The molecule has 6 heteroatoms. The van der Waals surface area contributed by atoms with Gasteiger partial charge in [0.15, 0.2) is 0 Å². The average Bonchev–Trinajstić information content (AvgIpc) is 3.01. The summed E-state index contributed by atoms with van der Waals surface area (Å²) in [6, 6.07) is 10.9. The molecule has 4 nitrogen and oxygen atoms in total. The lowest BCUT2D eigenvalue weighted by molar-refractivity contribution is 0.0631. The minimum absolute atomic E-state index is 0.0144. The van der Waals surface area contributed by atoms with Gasteiger partial charge in [-0.1, -0.05) is 12.1 Å². The lowest BCUT2D eigenvalue weighted by Crippen LogP contribution is -2.48. The fourth-order valence-corrected chi connectivity index (χ4v) is 4.62. The number of pyridine rings is 1. The van der Waals surface area contributed by atoms with Gasteiger partial charge in [0.25, 0.3) is 5.91 Å². The highest BCUT2D eigenvalue weighted by Crippen LogP contribution is 2.33. The number of hydrogen-bond acceptors (Lipinski definition) is 4. The number of carbonyl (C=O) groups is 1. The van der Waals surface area contributed by atoms with Crippen LogP contribution in [0, 0.1) is 12.7 Å². The molecule has 1 aromatic carbocycles. The minimum atomic E-state index is -0.254. The van der Waals surface area contributed by atoms with Gasteiger partial charge < -0.3 is 4.90 Å². The maximum absolute atomic E-state index is 14.1. The highest BCUT2D eigenvalue weighted by atomic mass is 32.1. The van der Waals surface area contributed by atoms with Crippen LogP contribution in [-0.4, -0.2) is 46.9 Å². The first-order valence-electron chi connectivity index (χ1n) is 8.72. The van der Waals surface area contributed by atoms with Gasteiger partial charge in [-0.2, -0.15) is 0 Å². The molecule has 26 heavy (non-hydrogen) atoms. The smallest absolute Gasteiger partial charge is 0.264 e. The monoisotopic (exact) mass is 369 g/mol. The highest BCUT2D eigenvalue weighted by molar-refractivity contribution is 7.21. The van der Waals surface area contributed by atoms with E-state index >= 15 is 0 Å². The van der Waals surface area contributed by atoms with Crippen molar-refractivity contribution in [1.29, 1.82) is 0 Å². The average molecular weight is 369 g/mol. The summed E-state index contributed by atoms with van der Waals surface area (Å²) in [5.41, 5.74) is 1.80. The van der Waals surface area contributed by atoms with Crippen LogP contribution in [0.5, 0.6) is 0 Å². The van der Waals surface area contributed by atoms with Gasteiger partial charge in [0.2, 0.25) is 0 Å². The molecule has 3 heterocycles. The third kappa shape index (κ3) is 3.22. The van der Waals surface area contributed by atoms with Crippen LogP contribution in [0.3, 0.4) is 0 Å². The number of aryl methyl sites for hydroxylation is 1. The number of amides is 1. The number of rotatable bonds is 3. The topological polar surface area (TPSA) is 36.4 Å². The zero-order valence-corrected chi connectivity index (χ0v) is 15.4. The maximum atomic E-state index is 14.1. The number of aromatic nitrogens is 1. The molecule has 1 aliphatic heterocycles. The fourth-order valence-electron chi connectivity index (χ4n) is 3.43. The highest BCUT2D eigenvalue weighted by Gasteiger charge is 2.26. The van der Waals surface area contributed by atoms with Crippen molar-refractivity contribution in [1.82, 2.24) is 14.8 Å². The summed E-state index contributed by atoms with van der Waals surface area (Å²) in [5, 5.41) is 0.578. The molecule has 1 aliphatic rings. The summed E-state index contributed by atoms with van der Waals surface area (Å²) in [4.78, 5) is 22.2. The van der Waals surface area contributed by atoms with Crippen LogP contribution in [-0.2, 0) is 6.54 Å². The number of nitrogens with zero attached hydrogens (tertiary/aromatic N) is 3. The van der Waals surface area contributed by atoms with Gasteiger partial charge in [-0.3, -0.25) is 14.7 Å². The zero-order chi connectivity index (χ0) is 18.1. The predicted octanol–water partition coefficient (Wildman–Crippen LogP) is 3.70. The van der Waals surface area contributed by atoms with Crippen molar-refractivity contribution in [3.63, 3.8) is 0 Å². The number of carbonyl (C=O) groups excluding carboxylic acids is 1. The zero-order valence-electron chi connectivity index (χ0n) is 14.6. The Labute approximate surface area is 155 Å². The minimum Gasteiger partial charge on any atom is -0.335 e. The van der Waals surface area contributed by atoms with Crippen molar-refractivity contribution >= 4 is 27.3 Å². The Morgan fingerprint density at radius 2 is 1.96 bits per heavy atom. The van der Waals surface area contributed by atoms with E-state index < -0.39 is 0 Å².